The Morgan fingerprint density at radius 2 is 2.50 bits per heavy atom. The zero-order valence-electron chi connectivity index (χ0n) is 9.02. The molecule has 1 unspecified atom stereocenters. The molecule has 16 heavy (non-hydrogen) atoms. The van der Waals surface area contributed by atoms with Crippen LogP contribution in [0.25, 0.3) is 0 Å². The molecule has 0 saturated carbocycles. The zero-order chi connectivity index (χ0) is 11.5. The lowest BCUT2D eigenvalue weighted by Gasteiger charge is -2.30. The van der Waals surface area contributed by atoms with Crippen LogP contribution in [0.15, 0.2) is 18.5 Å². The molecule has 2 heterocycles. The Labute approximate surface area is 98.0 Å². The van der Waals surface area contributed by atoms with E-state index in [1.54, 1.807) is 4.90 Å². The number of hydrogen-bond donors (Lipinski definition) is 0. The first-order chi connectivity index (χ1) is 7.68. The Bertz CT molecular complexity index is 399. The van der Waals surface area contributed by atoms with Crippen LogP contribution < -0.4 is 0 Å². The average molecular weight is 240 g/mol. The van der Waals surface area contributed by atoms with Gasteiger partial charge in [0.2, 0.25) is 0 Å². The van der Waals surface area contributed by atoms with Gasteiger partial charge in [-0.15, -0.1) is 0 Å². The van der Waals surface area contributed by atoms with E-state index in [2.05, 4.69) is 11.9 Å². The minimum atomic E-state index is -0.543. The molecule has 5 heteroatoms. The van der Waals surface area contributed by atoms with Crippen molar-refractivity contribution < 1.29 is 9.18 Å². The first-order valence-electron chi connectivity index (χ1n) is 5.19. The summed E-state index contributed by atoms with van der Waals surface area (Å²) < 4.78 is 13.4. The second kappa shape index (κ2) is 4.82. The Hall–Kier alpha value is -1.10. The van der Waals surface area contributed by atoms with Crippen molar-refractivity contribution in [3.05, 3.63) is 29.8 Å². The first kappa shape index (κ1) is 11.4. The van der Waals surface area contributed by atoms with Crippen LogP contribution in [0.2, 0.25) is 0 Å². The number of carbonyl (C=O) groups is 1. The van der Waals surface area contributed by atoms with Crippen molar-refractivity contribution in [3.8, 4) is 0 Å². The molecule has 1 atom stereocenters. The third-order valence-corrected chi connectivity index (χ3v) is 3.67. The molecule has 1 aromatic rings. The molecule has 3 nitrogen and oxygen atoms in total. The summed E-state index contributed by atoms with van der Waals surface area (Å²) in [4.78, 5) is 17.4. The summed E-state index contributed by atoms with van der Waals surface area (Å²) >= 11 is 1.84. The molecule has 1 aliphatic rings. The number of carbonyl (C=O) groups excluding carboxylic acids is 1. The normalized spacial score (nSPS) is 20.9. The van der Waals surface area contributed by atoms with Gasteiger partial charge in [0.05, 0.1) is 11.8 Å². The minimum Gasteiger partial charge on any atom is -0.337 e. The van der Waals surface area contributed by atoms with Crippen LogP contribution in [0.4, 0.5) is 4.39 Å². The number of hydrogen-bond acceptors (Lipinski definition) is 3. The predicted molar refractivity (Wildman–Crippen MR) is 62.0 cm³/mol. The lowest BCUT2D eigenvalue weighted by atomic mass is 10.2. The molecule has 1 amide bonds. The molecular formula is C11H13FN2OS. The minimum absolute atomic E-state index is 0.120. The van der Waals surface area contributed by atoms with Gasteiger partial charge in [-0.2, -0.15) is 11.8 Å². The van der Waals surface area contributed by atoms with E-state index in [0.717, 1.165) is 11.9 Å². The van der Waals surface area contributed by atoms with E-state index in [0.29, 0.717) is 18.3 Å². The number of pyridine rings is 1. The van der Waals surface area contributed by atoms with Gasteiger partial charge in [-0.1, -0.05) is 6.92 Å². The maximum Gasteiger partial charge on any atom is 0.257 e. The zero-order valence-corrected chi connectivity index (χ0v) is 9.84. The predicted octanol–water partition coefficient (Wildman–Crippen LogP) is 1.80. The number of amides is 1. The molecule has 1 fully saturated rings. The lowest BCUT2D eigenvalue weighted by molar-refractivity contribution is 0.0758. The van der Waals surface area contributed by atoms with E-state index < -0.39 is 5.82 Å². The van der Waals surface area contributed by atoms with Crippen molar-refractivity contribution in [1.29, 1.82) is 0 Å². The summed E-state index contributed by atoms with van der Waals surface area (Å²) in [6.45, 7) is 3.45. The summed E-state index contributed by atoms with van der Waals surface area (Å²) in [6, 6.07) is 1.43. The summed E-state index contributed by atoms with van der Waals surface area (Å²) in [5.41, 5.74) is 0.120. The van der Waals surface area contributed by atoms with Gasteiger partial charge >= 0.3 is 0 Å². The average Bonchev–Trinajstić information content (AvgIpc) is 2.29. The molecule has 0 spiro atoms. The van der Waals surface area contributed by atoms with Crippen LogP contribution in [-0.4, -0.2) is 39.9 Å². The van der Waals surface area contributed by atoms with Crippen LogP contribution in [0.5, 0.6) is 0 Å². The van der Waals surface area contributed by atoms with Crippen molar-refractivity contribution in [2.24, 2.45) is 0 Å². The smallest absolute Gasteiger partial charge is 0.257 e. The molecule has 1 aliphatic heterocycles. The molecule has 86 valence electrons. The van der Waals surface area contributed by atoms with Gasteiger partial charge < -0.3 is 4.90 Å². The van der Waals surface area contributed by atoms with Gasteiger partial charge in [-0.05, 0) is 6.07 Å². The van der Waals surface area contributed by atoms with Crippen molar-refractivity contribution in [2.45, 2.75) is 12.2 Å². The molecule has 1 saturated heterocycles. The molecule has 0 N–H and O–H groups in total. The van der Waals surface area contributed by atoms with Crippen molar-refractivity contribution in [3.63, 3.8) is 0 Å². The van der Waals surface area contributed by atoms with Crippen molar-refractivity contribution in [1.82, 2.24) is 9.88 Å². The van der Waals surface area contributed by atoms with E-state index in [-0.39, 0.29) is 11.5 Å². The summed E-state index contributed by atoms with van der Waals surface area (Å²) in [5.74, 6) is 0.144. The number of aromatic nitrogens is 1. The Balaban J connectivity index is 2.16. The van der Waals surface area contributed by atoms with Crippen LogP contribution >= 0.6 is 11.8 Å². The molecule has 2 rings (SSSR count). The molecule has 0 aliphatic carbocycles. The van der Waals surface area contributed by atoms with Crippen LogP contribution in [0.3, 0.4) is 0 Å². The standard InChI is InChI=1S/C11H13FN2OS/c1-8-7-14(4-5-16-8)11(15)9-2-3-13-6-10(9)12/h2-3,6,8H,4-5,7H2,1H3. The fourth-order valence-corrected chi connectivity index (χ4v) is 2.74. The monoisotopic (exact) mass is 240 g/mol. The number of thioether (sulfide) groups is 1. The van der Waals surface area contributed by atoms with Crippen LogP contribution in [0, 0.1) is 5.82 Å². The third-order valence-electron chi connectivity index (χ3n) is 2.53. The largest absolute Gasteiger partial charge is 0.337 e. The molecule has 1 aromatic heterocycles. The van der Waals surface area contributed by atoms with Crippen LogP contribution in [0.1, 0.15) is 17.3 Å². The van der Waals surface area contributed by atoms with Gasteiger partial charge in [-0.3, -0.25) is 9.78 Å². The summed E-state index contributed by atoms with van der Waals surface area (Å²) in [5, 5.41) is 0.419. The summed E-state index contributed by atoms with van der Waals surface area (Å²) in [6.07, 6.45) is 2.52. The van der Waals surface area contributed by atoms with Gasteiger partial charge in [-0.25, -0.2) is 4.39 Å². The van der Waals surface area contributed by atoms with E-state index in [4.69, 9.17) is 0 Å². The van der Waals surface area contributed by atoms with E-state index >= 15 is 0 Å². The second-order valence-electron chi connectivity index (χ2n) is 3.79. The maximum absolute atomic E-state index is 13.4. The summed E-state index contributed by atoms with van der Waals surface area (Å²) in [7, 11) is 0. The maximum atomic E-state index is 13.4. The fourth-order valence-electron chi connectivity index (χ4n) is 1.72. The Morgan fingerprint density at radius 3 is 3.19 bits per heavy atom. The van der Waals surface area contributed by atoms with Crippen LogP contribution in [-0.2, 0) is 0 Å². The van der Waals surface area contributed by atoms with Crippen molar-refractivity contribution >= 4 is 17.7 Å². The Morgan fingerprint density at radius 1 is 1.69 bits per heavy atom. The SMILES string of the molecule is CC1CN(C(=O)c2ccncc2F)CCS1. The molecule has 0 radical (unpaired) electrons. The van der Waals surface area contributed by atoms with Gasteiger partial charge in [0.15, 0.2) is 5.82 Å². The quantitative estimate of drug-likeness (QED) is 0.750. The lowest BCUT2D eigenvalue weighted by Crippen LogP contribution is -2.41. The number of nitrogens with zero attached hydrogens (tertiary/aromatic N) is 2. The highest BCUT2D eigenvalue weighted by Gasteiger charge is 2.24. The van der Waals surface area contributed by atoms with E-state index in [9.17, 15) is 9.18 Å². The third kappa shape index (κ3) is 2.35. The Kier molecular flexibility index (Phi) is 3.43. The van der Waals surface area contributed by atoms with E-state index in [1.165, 1.54) is 12.3 Å². The number of halogens is 1. The van der Waals surface area contributed by atoms with Crippen molar-refractivity contribution in [2.75, 3.05) is 18.8 Å². The first-order valence-corrected chi connectivity index (χ1v) is 6.23. The fraction of sp³-hybridized carbons (Fsp3) is 0.455. The topological polar surface area (TPSA) is 33.2 Å². The molecule has 0 aromatic carbocycles. The highest BCUT2D eigenvalue weighted by atomic mass is 32.2. The molecular weight excluding hydrogens is 227 g/mol. The highest BCUT2D eigenvalue weighted by Crippen LogP contribution is 2.20. The second-order valence-corrected chi connectivity index (χ2v) is 5.33. The van der Waals surface area contributed by atoms with Gasteiger partial charge in [0.25, 0.3) is 5.91 Å². The van der Waals surface area contributed by atoms with E-state index in [1.807, 2.05) is 11.8 Å². The van der Waals surface area contributed by atoms with Gasteiger partial charge in [0.1, 0.15) is 0 Å². The van der Waals surface area contributed by atoms with Gasteiger partial charge in [0, 0.05) is 30.3 Å². The number of rotatable bonds is 1. The highest BCUT2D eigenvalue weighted by molar-refractivity contribution is 7.99. The molecule has 0 bridgehead atoms.